The van der Waals surface area contributed by atoms with Crippen LogP contribution in [0.5, 0.6) is 5.75 Å². The van der Waals surface area contributed by atoms with Gasteiger partial charge in [0.2, 0.25) is 0 Å². The molecule has 6 nitrogen and oxygen atoms in total. The first kappa shape index (κ1) is 32.4. The molecule has 0 heterocycles. The molecule has 0 bridgehead atoms. The number of nitrogens with zero attached hydrogens (tertiary/aromatic N) is 1. The van der Waals surface area contributed by atoms with Crippen LogP contribution in [0.3, 0.4) is 0 Å². The summed E-state index contributed by atoms with van der Waals surface area (Å²) in [6.07, 6.45) is 10.6. The lowest BCUT2D eigenvalue weighted by Crippen LogP contribution is -2.03. The van der Waals surface area contributed by atoms with Crippen LogP contribution in [0.2, 0.25) is 0 Å². The molecule has 0 aromatic heterocycles. The van der Waals surface area contributed by atoms with Gasteiger partial charge in [-0.25, -0.2) is 9.59 Å². The minimum absolute atomic E-state index is 0.372. The number of aliphatic imine (C=N–C) groups is 1. The molecule has 0 saturated heterocycles. The molecule has 3 rings (SSSR count). The number of esters is 2. The minimum atomic E-state index is -0.386. The van der Waals surface area contributed by atoms with Crippen LogP contribution in [-0.4, -0.2) is 38.0 Å². The Morgan fingerprint density at radius 3 is 1.95 bits per heavy atom. The van der Waals surface area contributed by atoms with E-state index in [9.17, 15) is 9.59 Å². The molecule has 3 aromatic carbocycles. The van der Waals surface area contributed by atoms with Crippen molar-refractivity contribution in [2.75, 3.05) is 19.8 Å². The fourth-order valence-corrected chi connectivity index (χ4v) is 3.95. The zero-order chi connectivity index (χ0) is 30.5. The Morgan fingerprint density at radius 2 is 1.26 bits per heavy atom. The van der Waals surface area contributed by atoms with Crippen molar-refractivity contribution in [1.82, 2.24) is 0 Å². The van der Waals surface area contributed by atoms with E-state index in [-0.39, 0.29) is 11.9 Å². The molecular formula is C37H37NO5. The summed E-state index contributed by atoms with van der Waals surface area (Å²) in [6.45, 7) is 8.19. The van der Waals surface area contributed by atoms with Crippen LogP contribution in [0.15, 0.2) is 91.0 Å². The van der Waals surface area contributed by atoms with Crippen molar-refractivity contribution in [3.63, 3.8) is 0 Å². The summed E-state index contributed by atoms with van der Waals surface area (Å²) in [6, 6.07) is 19.8. The maximum absolute atomic E-state index is 11.0. The number of hydrogen-bond acceptors (Lipinski definition) is 6. The summed E-state index contributed by atoms with van der Waals surface area (Å²) in [7, 11) is 0. The van der Waals surface area contributed by atoms with Crippen molar-refractivity contribution < 1.29 is 23.8 Å². The number of ether oxygens (including phenoxy) is 3. The van der Waals surface area contributed by atoms with E-state index in [1.807, 2.05) is 48.7 Å². The molecule has 0 N–H and O–H groups in total. The number of hydrogen-bond donors (Lipinski definition) is 0. The molecule has 0 spiro atoms. The number of rotatable bonds is 16. The van der Waals surface area contributed by atoms with E-state index < -0.39 is 0 Å². The van der Waals surface area contributed by atoms with Gasteiger partial charge in [-0.05, 0) is 116 Å². The topological polar surface area (TPSA) is 74.2 Å². The Bertz CT molecular complexity index is 1530. The van der Waals surface area contributed by atoms with E-state index in [1.54, 1.807) is 0 Å². The van der Waals surface area contributed by atoms with Crippen LogP contribution in [0.1, 0.15) is 56.1 Å². The molecule has 0 aliphatic rings. The molecule has 0 aliphatic heterocycles. The zero-order valence-electron chi connectivity index (χ0n) is 24.5. The van der Waals surface area contributed by atoms with Crippen molar-refractivity contribution in [2.45, 2.75) is 44.9 Å². The van der Waals surface area contributed by atoms with E-state index in [2.05, 4.69) is 60.0 Å². The third-order valence-corrected chi connectivity index (χ3v) is 6.25. The van der Waals surface area contributed by atoms with Gasteiger partial charge in [0.05, 0.1) is 25.5 Å². The fraction of sp³-hybridized carbons (Fsp3) is 0.270. The Hall–Kier alpha value is -5.07. The van der Waals surface area contributed by atoms with Crippen LogP contribution in [-0.2, 0) is 19.1 Å². The Labute approximate surface area is 254 Å². The molecule has 0 fully saturated rings. The fourth-order valence-electron chi connectivity index (χ4n) is 3.95. The molecule has 0 amide bonds. The third kappa shape index (κ3) is 13.0. The molecule has 43 heavy (non-hydrogen) atoms. The van der Waals surface area contributed by atoms with Gasteiger partial charge < -0.3 is 14.2 Å². The maximum Gasteiger partial charge on any atom is 0.330 e. The molecule has 0 saturated carbocycles. The highest BCUT2D eigenvalue weighted by molar-refractivity contribution is 5.87. The van der Waals surface area contributed by atoms with Crippen LogP contribution in [0, 0.1) is 23.7 Å². The second kappa shape index (κ2) is 19.1. The third-order valence-electron chi connectivity index (χ3n) is 6.25. The van der Waals surface area contributed by atoms with Crippen LogP contribution in [0.4, 0.5) is 5.69 Å². The largest absolute Gasteiger partial charge is 0.494 e. The van der Waals surface area contributed by atoms with E-state index in [4.69, 9.17) is 14.2 Å². The number of benzene rings is 3. The smallest absolute Gasteiger partial charge is 0.330 e. The lowest BCUT2D eigenvalue weighted by atomic mass is 10.1. The Kier molecular flexibility index (Phi) is 14.4. The lowest BCUT2D eigenvalue weighted by Gasteiger charge is -2.06. The summed E-state index contributed by atoms with van der Waals surface area (Å²) in [5.41, 5.74) is 2.68. The summed E-state index contributed by atoms with van der Waals surface area (Å²) in [4.78, 5) is 26.6. The summed E-state index contributed by atoms with van der Waals surface area (Å²) >= 11 is 0. The van der Waals surface area contributed by atoms with Crippen molar-refractivity contribution in [3.8, 4) is 29.4 Å². The van der Waals surface area contributed by atoms with Crippen molar-refractivity contribution in [1.29, 1.82) is 0 Å². The van der Waals surface area contributed by atoms with Gasteiger partial charge in [0.25, 0.3) is 0 Å². The molecule has 220 valence electrons. The predicted octanol–water partition coefficient (Wildman–Crippen LogP) is 7.51. The molecule has 6 heteroatoms. The van der Waals surface area contributed by atoms with Gasteiger partial charge >= 0.3 is 11.9 Å². The van der Waals surface area contributed by atoms with Gasteiger partial charge in [-0.3, -0.25) is 4.99 Å². The molecule has 0 unspecified atom stereocenters. The maximum atomic E-state index is 11.0. The van der Waals surface area contributed by atoms with Crippen LogP contribution < -0.4 is 4.74 Å². The van der Waals surface area contributed by atoms with E-state index in [1.165, 1.54) is 12.2 Å². The molecule has 0 radical (unpaired) electrons. The number of carbonyl (C=O) groups is 2. The monoisotopic (exact) mass is 575 g/mol. The summed E-state index contributed by atoms with van der Waals surface area (Å²) in [5.74, 6) is 12.1. The van der Waals surface area contributed by atoms with Crippen LogP contribution in [0.25, 0.3) is 10.8 Å². The zero-order valence-corrected chi connectivity index (χ0v) is 24.5. The number of fused-ring (bicyclic) bond motifs is 1. The molecular weight excluding hydrogens is 538 g/mol. The highest BCUT2D eigenvalue weighted by Gasteiger charge is 1.99. The molecule has 0 aliphatic carbocycles. The normalized spacial score (nSPS) is 10.2. The SMILES string of the molecule is C=CC(=O)OCCCCCC=Nc1ccc2cc(C#CC#Cc3ccc(OCCCCCOC(=O)C=C)cc3)ccc2c1. The summed E-state index contributed by atoms with van der Waals surface area (Å²) in [5, 5.41) is 2.20. The minimum Gasteiger partial charge on any atom is -0.494 e. The lowest BCUT2D eigenvalue weighted by molar-refractivity contribution is -0.138. The first-order valence-electron chi connectivity index (χ1n) is 14.5. The van der Waals surface area contributed by atoms with E-state index in [0.717, 1.165) is 78.3 Å². The van der Waals surface area contributed by atoms with Crippen LogP contribution >= 0.6 is 0 Å². The highest BCUT2D eigenvalue weighted by atomic mass is 16.5. The number of carbonyl (C=O) groups excluding carboxylic acids is 2. The van der Waals surface area contributed by atoms with Gasteiger partial charge in [-0.1, -0.05) is 37.1 Å². The highest BCUT2D eigenvalue weighted by Crippen LogP contribution is 2.22. The average Bonchev–Trinajstić information content (AvgIpc) is 3.04. The van der Waals surface area contributed by atoms with Gasteiger partial charge in [0.1, 0.15) is 5.75 Å². The van der Waals surface area contributed by atoms with Crippen molar-refractivity contribution in [3.05, 3.63) is 97.1 Å². The van der Waals surface area contributed by atoms with E-state index in [0.29, 0.717) is 19.8 Å². The Morgan fingerprint density at radius 1 is 0.674 bits per heavy atom. The predicted molar refractivity (Wildman–Crippen MR) is 172 cm³/mol. The van der Waals surface area contributed by atoms with Gasteiger partial charge in [-0.2, -0.15) is 0 Å². The number of unbranched alkanes of at least 4 members (excludes halogenated alkanes) is 5. The average molecular weight is 576 g/mol. The standard InChI is InChI=1S/C37H37NO5/c1-3-36(39)42-26-11-6-5-10-24-38-34-21-20-32-28-31(16-19-33(32)29-34)15-9-8-14-30-17-22-35(23-18-30)41-25-12-7-13-27-43-37(40)4-2/h3-4,16-24,28-29H,1-2,5-7,10-13,25-27H2. The van der Waals surface area contributed by atoms with Gasteiger partial charge in [0, 0.05) is 29.5 Å². The second-order valence-corrected chi connectivity index (χ2v) is 9.58. The van der Waals surface area contributed by atoms with Gasteiger partial charge in [-0.15, -0.1) is 0 Å². The van der Waals surface area contributed by atoms with Crippen molar-refractivity contribution >= 4 is 34.6 Å². The Balaban J connectivity index is 1.39. The quantitative estimate of drug-likeness (QED) is 0.0581. The first-order valence-corrected chi connectivity index (χ1v) is 14.5. The first-order chi connectivity index (χ1) is 21.1. The summed E-state index contributed by atoms with van der Waals surface area (Å²) < 4.78 is 15.7. The molecule has 3 aromatic rings. The second-order valence-electron chi connectivity index (χ2n) is 9.58. The van der Waals surface area contributed by atoms with Crippen molar-refractivity contribution in [2.24, 2.45) is 4.99 Å². The molecule has 0 atom stereocenters. The van der Waals surface area contributed by atoms with E-state index >= 15 is 0 Å². The van der Waals surface area contributed by atoms with Gasteiger partial charge in [0.15, 0.2) is 0 Å².